The third-order valence-corrected chi connectivity index (χ3v) is 9.25. The van der Waals surface area contributed by atoms with Crippen molar-refractivity contribution in [1.29, 1.82) is 0 Å². The lowest BCUT2D eigenvalue weighted by Gasteiger charge is -2.34. The molecule has 0 saturated carbocycles. The smallest absolute Gasteiger partial charge is 0.267 e. The molecule has 0 radical (unpaired) electrons. The summed E-state index contributed by atoms with van der Waals surface area (Å²) >= 11 is 0. The van der Waals surface area contributed by atoms with Gasteiger partial charge in [-0.2, -0.15) is 0 Å². The zero-order valence-electron chi connectivity index (χ0n) is 22.2. The van der Waals surface area contributed by atoms with E-state index in [4.69, 9.17) is 4.74 Å². The molecular formula is C28H27N5O6S2. The molecule has 0 fully saturated rings. The van der Waals surface area contributed by atoms with Crippen LogP contribution in [0, 0.1) is 13.8 Å². The SMILES string of the molecule is Cc1cc(C)nc(NS(=O)(=O)c2ccc(NC(=O)[C@@H]3CN(S(=O)(=O)Cc4ccccc4)c4ccccc4O3)cc2)n1. The monoisotopic (exact) mass is 593 g/mol. The molecule has 3 aromatic carbocycles. The lowest BCUT2D eigenvalue weighted by molar-refractivity contribution is -0.122. The number of nitrogens with one attached hydrogen (secondary N) is 2. The lowest BCUT2D eigenvalue weighted by Crippen LogP contribution is -2.49. The van der Waals surface area contributed by atoms with Gasteiger partial charge in [-0.25, -0.2) is 31.5 Å². The van der Waals surface area contributed by atoms with Gasteiger partial charge in [0.05, 0.1) is 22.9 Å². The van der Waals surface area contributed by atoms with Crippen LogP contribution >= 0.6 is 0 Å². The van der Waals surface area contributed by atoms with E-state index in [2.05, 4.69) is 20.0 Å². The van der Waals surface area contributed by atoms with Crippen molar-refractivity contribution in [1.82, 2.24) is 9.97 Å². The highest BCUT2D eigenvalue weighted by molar-refractivity contribution is 7.92. The fourth-order valence-corrected chi connectivity index (χ4v) is 6.88. The standard InChI is InChI=1S/C28H27N5O6S2/c1-19-16-20(2)30-28(29-19)32-41(37,38)23-14-12-22(13-15-23)31-27(34)26-17-33(24-10-6-7-11-25(24)39-26)40(35,36)18-21-8-4-3-5-9-21/h3-16,26H,17-18H2,1-2H3,(H,31,34)(H,29,30,32)/t26-/m0/s1. The van der Waals surface area contributed by atoms with Crippen LogP contribution in [-0.4, -0.2) is 45.4 Å². The van der Waals surface area contributed by atoms with Gasteiger partial charge in [0.2, 0.25) is 16.0 Å². The number of para-hydroxylation sites is 2. The van der Waals surface area contributed by atoms with Gasteiger partial charge in [0.15, 0.2) is 6.10 Å². The molecule has 0 unspecified atom stereocenters. The normalized spacial score (nSPS) is 15.0. The second-order valence-corrected chi connectivity index (χ2v) is 13.0. The van der Waals surface area contributed by atoms with Crippen molar-refractivity contribution in [3.8, 4) is 5.75 Å². The van der Waals surface area contributed by atoms with Crippen LogP contribution in [0.1, 0.15) is 17.0 Å². The zero-order chi connectivity index (χ0) is 29.2. The lowest BCUT2D eigenvalue weighted by atomic mass is 10.2. The van der Waals surface area contributed by atoms with Gasteiger partial charge in [-0.1, -0.05) is 42.5 Å². The Labute approximate surface area is 238 Å². The van der Waals surface area contributed by atoms with Gasteiger partial charge in [0.25, 0.3) is 15.9 Å². The average Bonchev–Trinajstić information content (AvgIpc) is 2.92. The summed E-state index contributed by atoms with van der Waals surface area (Å²) in [5.41, 5.74) is 2.51. The molecule has 4 aromatic rings. The van der Waals surface area contributed by atoms with Gasteiger partial charge in [0.1, 0.15) is 5.75 Å². The fraction of sp³-hybridized carbons (Fsp3) is 0.179. The van der Waals surface area contributed by atoms with E-state index in [0.29, 0.717) is 28.3 Å². The van der Waals surface area contributed by atoms with Crippen LogP contribution in [0.15, 0.2) is 89.8 Å². The fourth-order valence-electron chi connectivity index (χ4n) is 4.36. The summed E-state index contributed by atoms with van der Waals surface area (Å²) in [5, 5.41) is 2.68. The molecule has 2 heterocycles. The number of aromatic nitrogens is 2. The maximum atomic E-state index is 13.4. The summed E-state index contributed by atoms with van der Waals surface area (Å²) in [6, 6.07) is 22.6. The Morgan fingerprint density at radius 1 is 0.902 bits per heavy atom. The van der Waals surface area contributed by atoms with Crippen LogP contribution in [0.4, 0.5) is 17.3 Å². The molecule has 1 atom stereocenters. The number of carbonyl (C=O) groups excluding carboxylic acids is 1. The highest BCUT2D eigenvalue weighted by Crippen LogP contribution is 2.36. The van der Waals surface area contributed by atoms with Crippen LogP contribution in [0.3, 0.4) is 0 Å². The molecule has 212 valence electrons. The van der Waals surface area contributed by atoms with Gasteiger partial charge >= 0.3 is 0 Å². The molecular weight excluding hydrogens is 566 g/mol. The number of ether oxygens (including phenoxy) is 1. The number of hydrogen-bond donors (Lipinski definition) is 2. The van der Waals surface area contributed by atoms with Gasteiger partial charge in [-0.3, -0.25) is 9.10 Å². The molecule has 1 aliphatic rings. The number of amides is 1. The molecule has 0 bridgehead atoms. The van der Waals surface area contributed by atoms with E-state index in [1.54, 1.807) is 74.5 Å². The van der Waals surface area contributed by atoms with Gasteiger partial charge in [-0.15, -0.1) is 0 Å². The second kappa shape index (κ2) is 11.2. The number of nitrogens with zero attached hydrogens (tertiary/aromatic N) is 3. The van der Waals surface area contributed by atoms with E-state index in [1.165, 1.54) is 28.6 Å². The first-order chi connectivity index (χ1) is 19.5. The minimum Gasteiger partial charge on any atom is -0.476 e. The van der Waals surface area contributed by atoms with E-state index < -0.39 is 32.1 Å². The van der Waals surface area contributed by atoms with E-state index in [0.717, 1.165) is 0 Å². The third kappa shape index (κ3) is 6.47. The topological polar surface area (TPSA) is 148 Å². The Morgan fingerprint density at radius 2 is 1.54 bits per heavy atom. The number of rotatable bonds is 8. The number of carbonyl (C=O) groups is 1. The highest BCUT2D eigenvalue weighted by Gasteiger charge is 2.36. The molecule has 1 amide bonds. The van der Waals surface area contributed by atoms with Crippen LogP contribution in [0.25, 0.3) is 0 Å². The van der Waals surface area contributed by atoms with E-state index >= 15 is 0 Å². The molecule has 0 saturated heterocycles. The number of hydrogen-bond acceptors (Lipinski definition) is 8. The van der Waals surface area contributed by atoms with Crippen molar-refractivity contribution in [2.75, 3.05) is 20.9 Å². The number of sulfonamides is 2. The zero-order valence-corrected chi connectivity index (χ0v) is 23.8. The minimum atomic E-state index is -3.98. The Balaban J connectivity index is 1.31. The van der Waals surface area contributed by atoms with Crippen molar-refractivity contribution >= 4 is 43.3 Å². The first-order valence-corrected chi connectivity index (χ1v) is 15.7. The summed E-state index contributed by atoms with van der Waals surface area (Å²) in [6.07, 6.45) is -1.15. The number of aryl methyl sites for hydroxylation is 2. The van der Waals surface area contributed by atoms with Crippen molar-refractivity contribution in [3.63, 3.8) is 0 Å². The van der Waals surface area contributed by atoms with E-state index in [-0.39, 0.29) is 28.9 Å². The molecule has 1 aromatic heterocycles. The van der Waals surface area contributed by atoms with Crippen LogP contribution in [-0.2, 0) is 30.6 Å². The molecule has 0 spiro atoms. The Bertz CT molecular complexity index is 1780. The first-order valence-electron chi connectivity index (χ1n) is 12.6. The molecule has 13 heteroatoms. The maximum Gasteiger partial charge on any atom is 0.267 e. The van der Waals surface area contributed by atoms with E-state index in [9.17, 15) is 21.6 Å². The Kier molecular flexibility index (Phi) is 7.65. The number of benzene rings is 3. The predicted octanol–water partition coefficient (Wildman–Crippen LogP) is 3.63. The predicted molar refractivity (Wildman–Crippen MR) is 155 cm³/mol. The highest BCUT2D eigenvalue weighted by atomic mass is 32.2. The average molecular weight is 594 g/mol. The summed E-state index contributed by atoms with van der Waals surface area (Å²) < 4.78 is 61.9. The van der Waals surface area contributed by atoms with Crippen molar-refractivity contribution in [2.24, 2.45) is 0 Å². The summed E-state index contributed by atoms with van der Waals surface area (Å²) in [7, 11) is -7.83. The minimum absolute atomic E-state index is 0.0404. The molecule has 2 N–H and O–H groups in total. The van der Waals surface area contributed by atoms with Gasteiger partial charge in [-0.05, 0) is 61.9 Å². The van der Waals surface area contributed by atoms with Crippen molar-refractivity contribution in [3.05, 3.63) is 102 Å². The van der Waals surface area contributed by atoms with Crippen LogP contribution in [0.5, 0.6) is 5.75 Å². The Hall–Kier alpha value is -4.49. The quantitative estimate of drug-likeness (QED) is 0.315. The summed E-state index contributed by atoms with van der Waals surface area (Å²) in [6.45, 7) is 3.23. The maximum absolute atomic E-state index is 13.4. The Morgan fingerprint density at radius 3 is 2.22 bits per heavy atom. The molecule has 1 aliphatic heterocycles. The molecule has 0 aliphatic carbocycles. The first kappa shape index (κ1) is 28.1. The summed E-state index contributed by atoms with van der Waals surface area (Å²) in [4.78, 5) is 21.3. The van der Waals surface area contributed by atoms with Gasteiger partial charge in [0, 0.05) is 17.1 Å². The molecule has 5 rings (SSSR count). The third-order valence-electron chi connectivity index (χ3n) is 6.20. The van der Waals surface area contributed by atoms with Crippen LogP contribution in [0.2, 0.25) is 0 Å². The second-order valence-electron chi connectivity index (χ2n) is 9.44. The van der Waals surface area contributed by atoms with E-state index in [1.807, 2.05) is 0 Å². The van der Waals surface area contributed by atoms with Gasteiger partial charge < -0.3 is 10.1 Å². The molecule has 11 nitrogen and oxygen atoms in total. The largest absolute Gasteiger partial charge is 0.476 e. The molecule has 41 heavy (non-hydrogen) atoms. The van der Waals surface area contributed by atoms with Crippen molar-refractivity contribution < 1.29 is 26.4 Å². The van der Waals surface area contributed by atoms with Crippen molar-refractivity contribution in [2.45, 2.75) is 30.6 Å². The van der Waals surface area contributed by atoms with Crippen LogP contribution < -0.4 is 19.1 Å². The summed E-state index contributed by atoms with van der Waals surface area (Å²) in [5.74, 6) is -0.608. The number of fused-ring (bicyclic) bond motifs is 1. The number of anilines is 3.